The molecule has 2 nitrogen and oxygen atoms in total. The van der Waals surface area contributed by atoms with E-state index in [0.717, 1.165) is 17.2 Å². The van der Waals surface area contributed by atoms with E-state index in [9.17, 15) is 0 Å². The second-order valence-corrected chi connectivity index (χ2v) is 4.65. The van der Waals surface area contributed by atoms with Crippen molar-refractivity contribution in [3.8, 4) is 11.3 Å². The minimum absolute atomic E-state index is 0.0347. The van der Waals surface area contributed by atoms with Gasteiger partial charge in [-0.3, -0.25) is 0 Å². The molecule has 0 spiro atoms. The lowest BCUT2D eigenvalue weighted by molar-refractivity contribution is 0.399. The fourth-order valence-electron chi connectivity index (χ4n) is 1.36. The first-order valence-corrected chi connectivity index (χ1v) is 5.09. The third-order valence-corrected chi connectivity index (χ3v) is 2.21. The Morgan fingerprint density at radius 3 is 2.27 bits per heavy atom. The van der Waals surface area contributed by atoms with Crippen molar-refractivity contribution < 1.29 is 4.42 Å². The standard InChI is InChI=1S/C13H15NO/c1-13(2,3)12-14-9-11(15-12)10-7-5-4-6-8-10/h4-9H,1-3H3. The maximum atomic E-state index is 5.72. The van der Waals surface area contributed by atoms with E-state index in [1.54, 1.807) is 6.20 Å². The Labute approximate surface area is 90.0 Å². The highest BCUT2D eigenvalue weighted by Crippen LogP contribution is 2.26. The number of hydrogen-bond donors (Lipinski definition) is 0. The van der Waals surface area contributed by atoms with Gasteiger partial charge in [0.2, 0.25) is 0 Å². The third-order valence-electron chi connectivity index (χ3n) is 2.21. The lowest BCUT2D eigenvalue weighted by Crippen LogP contribution is -2.10. The van der Waals surface area contributed by atoms with Crippen molar-refractivity contribution in [2.75, 3.05) is 0 Å². The maximum Gasteiger partial charge on any atom is 0.200 e. The van der Waals surface area contributed by atoms with E-state index in [4.69, 9.17) is 4.42 Å². The summed E-state index contributed by atoms with van der Waals surface area (Å²) in [6.45, 7) is 6.27. The topological polar surface area (TPSA) is 26.0 Å². The van der Waals surface area contributed by atoms with E-state index < -0.39 is 0 Å². The molecule has 1 aromatic heterocycles. The Morgan fingerprint density at radius 1 is 1.07 bits per heavy atom. The molecule has 0 aliphatic heterocycles. The molecule has 0 bridgehead atoms. The Morgan fingerprint density at radius 2 is 1.73 bits per heavy atom. The van der Waals surface area contributed by atoms with Crippen LogP contribution in [0.25, 0.3) is 11.3 Å². The molecular formula is C13H15NO. The van der Waals surface area contributed by atoms with Crippen LogP contribution < -0.4 is 0 Å². The Balaban J connectivity index is 2.37. The van der Waals surface area contributed by atoms with E-state index in [0.29, 0.717) is 0 Å². The van der Waals surface area contributed by atoms with E-state index >= 15 is 0 Å². The van der Waals surface area contributed by atoms with Crippen LogP contribution in [0.4, 0.5) is 0 Å². The van der Waals surface area contributed by atoms with E-state index in [-0.39, 0.29) is 5.41 Å². The van der Waals surface area contributed by atoms with Gasteiger partial charge < -0.3 is 4.42 Å². The van der Waals surface area contributed by atoms with Crippen molar-refractivity contribution in [3.63, 3.8) is 0 Å². The highest BCUT2D eigenvalue weighted by atomic mass is 16.4. The minimum atomic E-state index is -0.0347. The largest absolute Gasteiger partial charge is 0.440 e. The summed E-state index contributed by atoms with van der Waals surface area (Å²) in [5, 5.41) is 0. The molecule has 78 valence electrons. The number of benzene rings is 1. The molecule has 2 heteroatoms. The van der Waals surface area contributed by atoms with Crippen LogP contribution in [0.15, 0.2) is 40.9 Å². The van der Waals surface area contributed by atoms with Gasteiger partial charge in [-0.2, -0.15) is 0 Å². The third kappa shape index (κ3) is 2.09. The first-order valence-electron chi connectivity index (χ1n) is 5.09. The summed E-state index contributed by atoms with van der Waals surface area (Å²) in [6, 6.07) is 10.0. The summed E-state index contributed by atoms with van der Waals surface area (Å²) in [5.41, 5.74) is 1.04. The number of aromatic nitrogens is 1. The monoisotopic (exact) mass is 201 g/mol. The zero-order valence-corrected chi connectivity index (χ0v) is 9.32. The number of oxazole rings is 1. The number of hydrogen-bond acceptors (Lipinski definition) is 2. The van der Waals surface area contributed by atoms with Crippen LogP contribution in [0.2, 0.25) is 0 Å². The molecule has 0 atom stereocenters. The van der Waals surface area contributed by atoms with Crippen LogP contribution in [-0.2, 0) is 5.41 Å². The number of rotatable bonds is 1. The van der Waals surface area contributed by atoms with Crippen LogP contribution in [0, 0.1) is 0 Å². The van der Waals surface area contributed by atoms with Gasteiger partial charge in [-0.05, 0) is 0 Å². The molecule has 0 radical (unpaired) electrons. The van der Waals surface area contributed by atoms with Crippen molar-refractivity contribution in [2.24, 2.45) is 0 Å². The van der Waals surface area contributed by atoms with Gasteiger partial charge in [-0.1, -0.05) is 51.1 Å². The summed E-state index contributed by atoms with van der Waals surface area (Å²) in [7, 11) is 0. The van der Waals surface area contributed by atoms with Crippen molar-refractivity contribution in [3.05, 3.63) is 42.4 Å². The molecule has 0 saturated heterocycles. The van der Waals surface area contributed by atoms with Gasteiger partial charge in [0, 0.05) is 11.0 Å². The van der Waals surface area contributed by atoms with Crippen LogP contribution in [0.3, 0.4) is 0 Å². The summed E-state index contributed by atoms with van der Waals surface area (Å²) >= 11 is 0. The molecule has 1 aromatic carbocycles. The molecule has 0 fully saturated rings. The van der Waals surface area contributed by atoms with Crippen LogP contribution in [0.5, 0.6) is 0 Å². The van der Waals surface area contributed by atoms with Gasteiger partial charge in [-0.15, -0.1) is 0 Å². The van der Waals surface area contributed by atoms with Crippen molar-refractivity contribution in [1.82, 2.24) is 4.98 Å². The average molecular weight is 201 g/mol. The van der Waals surface area contributed by atoms with Crippen molar-refractivity contribution in [2.45, 2.75) is 26.2 Å². The van der Waals surface area contributed by atoms with E-state index in [2.05, 4.69) is 25.8 Å². The zero-order valence-electron chi connectivity index (χ0n) is 9.32. The van der Waals surface area contributed by atoms with Crippen LogP contribution in [0.1, 0.15) is 26.7 Å². The maximum absolute atomic E-state index is 5.72. The van der Waals surface area contributed by atoms with Gasteiger partial charge in [0.05, 0.1) is 6.20 Å². The molecule has 2 rings (SSSR count). The van der Waals surface area contributed by atoms with Gasteiger partial charge in [0.1, 0.15) is 0 Å². The minimum Gasteiger partial charge on any atom is -0.440 e. The molecular weight excluding hydrogens is 186 g/mol. The molecule has 0 aliphatic carbocycles. The fraction of sp³-hybridized carbons (Fsp3) is 0.308. The Hall–Kier alpha value is -1.57. The highest BCUT2D eigenvalue weighted by molar-refractivity contribution is 5.55. The van der Waals surface area contributed by atoms with Gasteiger partial charge in [0.25, 0.3) is 0 Å². The molecule has 0 aliphatic rings. The molecule has 0 amide bonds. The average Bonchev–Trinajstić information content (AvgIpc) is 2.67. The molecule has 0 unspecified atom stereocenters. The van der Waals surface area contributed by atoms with Gasteiger partial charge in [0.15, 0.2) is 11.7 Å². The second kappa shape index (κ2) is 3.54. The predicted molar refractivity (Wildman–Crippen MR) is 60.6 cm³/mol. The van der Waals surface area contributed by atoms with E-state index in [1.807, 2.05) is 30.3 Å². The first-order chi connectivity index (χ1) is 7.07. The first kappa shape index (κ1) is 9.97. The summed E-state index contributed by atoms with van der Waals surface area (Å²) in [6.07, 6.45) is 1.79. The van der Waals surface area contributed by atoms with Gasteiger partial charge in [-0.25, -0.2) is 4.98 Å². The normalized spacial score (nSPS) is 11.7. The molecule has 2 aromatic rings. The second-order valence-electron chi connectivity index (χ2n) is 4.65. The van der Waals surface area contributed by atoms with Crippen molar-refractivity contribution in [1.29, 1.82) is 0 Å². The summed E-state index contributed by atoms with van der Waals surface area (Å²) < 4.78 is 5.72. The summed E-state index contributed by atoms with van der Waals surface area (Å²) in [4.78, 5) is 4.30. The van der Waals surface area contributed by atoms with Crippen LogP contribution >= 0.6 is 0 Å². The molecule has 15 heavy (non-hydrogen) atoms. The molecule has 1 heterocycles. The summed E-state index contributed by atoms with van der Waals surface area (Å²) in [5.74, 6) is 1.61. The predicted octanol–water partition coefficient (Wildman–Crippen LogP) is 3.64. The van der Waals surface area contributed by atoms with Gasteiger partial charge >= 0.3 is 0 Å². The van der Waals surface area contributed by atoms with Crippen molar-refractivity contribution >= 4 is 0 Å². The lowest BCUT2D eigenvalue weighted by Gasteiger charge is -2.12. The number of nitrogens with zero attached hydrogens (tertiary/aromatic N) is 1. The Bertz CT molecular complexity index is 437. The fourth-order valence-corrected chi connectivity index (χ4v) is 1.36. The highest BCUT2D eigenvalue weighted by Gasteiger charge is 2.20. The quantitative estimate of drug-likeness (QED) is 0.704. The molecule has 0 saturated carbocycles. The SMILES string of the molecule is CC(C)(C)c1ncc(-c2ccccc2)o1. The molecule has 0 N–H and O–H groups in total. The zero-order chi connectivity index (χ0) is 10.9. The van der Waals surface area contributed by atoms with E-state index in [1.165, 1.54) is 0 Å². The Kier molecular flexibility index (Phi) is 2.35. The smallest absolute Gasteiger partial charge is 0.200 e. The van der Waals surface area contributed by atoms with Crippen LogP contribution in [-0.4, -0.2) is 4.98 Å². The lowest BCUT2D eigenvalue weighted by atomic mass is 9.97.